The standard InChI is InChI=1S/C31H48N4O6S/c1-7-12-14-23(9-3)20-35(21-24(10-4)15-13-8-2)42(39,40)26-18-16-25(17-19-26)33-34-28-22(6)27(31(38)41-11-5)29(36)32-30(28)37/h16-19,23-24H,7-15,20-21H2,1-6H3,(H2,32,36,37)/b34-33+. The number of rotatable bonds is 18. The molecule has 0 aliphatic heterocycles. The van der Waals surface area contributed by atoms with Crippen LogP contribution < -0.4 is 5.56 Å². The number of aromatic nitrogens is 1. The Morgan fingerprint density at radius 2 is 1.50 bits per heavy atom. The second-order valence-electron chi connectivity index (χ2n) is 10.7. The molecule has 42 heavy (non-hydrogen) atoms. The minimum Gasteiger partial charge on any atom is -0.493 e. The fourth-order valence-corrected chi connectivity index (χ4v) is 6.48. The summed E-state index contributed by atoms with van der Waals surface area (Å²) in [5, 5.41) is 18.4. The van der Waals surface area contributed by atoms with E-state index in [9.17, 15) is 23.1 Å². The predicted molar refractivity (Wildman–Crippen MR) is 165 cm³/mol. The summed E-state index contributed by atoms with van der Waals surface area (Å²) in [5.74, 6) is -0.772. The zero-order valence-corrected chi connectivity index (χ0v) is 26.8. The first-order valence-electron chi connectivity index (χ1n) is 15.2. The molecule has 1 heterocycles. The van der Waals surface area contributed by atoms with Crippen LogP contribution in [0.4, 0.5) is 11.4 Å². The van der Waals surface area contributed by atoms with Gasteiger partial charge in [0.1, 0.15) is 11.3 Å². The number of ether oxygens (including phenoxy) is 1. The first kappa shape index (κ1) is 35.1. The second kappa shape index (κ2) is 17.2. The third-order valence-electron chi connectivity index (χ3n) is 7.64. The summed E-state index contributed by atoms with van der Waals surface area (Å²) in [6.45, 7) is 12.7. The van der Waals surface area contributed by atoms with E-state index in [1.54, 1.807) is 23.4 Å². The van der Waals surface area contributed by atoms with E-state index >= 15 is 0 Å². The van der Waals surface area contributed by atoms with Crippen LogP contribution in [0.2, 0.25) is 0 Å². The molecule has 0 amide bonds. The molecular weight excluding hydrogens is 556 g/mol. The molecule has 2 aromatic rings. The number of azo groups is 1. The van der Waals surface area contributed by atoms with Crippen molar-refractivity contribution < 1.29 is 23.1 Å². The number of hydrogen-bond acceptors (Lipinski definition) is 8. The molecule has 2 N–H and O–H groups in total. The highest BCUT2D eigenvalue weighted by Gasteiger charge is 2.29. The first-order valence-corrected chi connectivity index (χ1v) is 16.6. The van der Waals surface area contributed by atoms with E-state index in [4.69, 9.17) is 4.74 Å². The quantitative estimate of drug-likeness (QED) is 0.134. The Balaban J connectivity index is 2.38. The summed E-state index contributed by atoms with van der Waals surface area (Å²) in [5.41, 5.74) is -0.682. The maximum Gasteiger partial charge on any atom is 0.344 e. The number of benzene rings is 1. The zero-order valence-electron chi connectivity index (χ0n) is 26.0. The molecule has 1 aromatic carbocycles. The average Bonchev–Trinajstić information content (AvgIpc) is 2.96. The summed E-state index contributed by atoms with van der Waals surface area (Å²) in [6, 6.07) is 6.11. The first-order chi connectivity index (χ1) is 20.0. The molecule has 234 valence electrons. The van der Waals surface area contributed by atoms with Crippen LogP contribution in [0.15, 0.2) is 44.2 Å². The van der Waals surface area contributed by atoms with E-state index in [0.29, 0.717) is 30.6 Å². The number of esters is 1. The molecule has 2 atom stereocenters. The second-order valence-corrected chi connectivity index (χ2v) is 12.7. The molecule has 0 radical (unpaired) electrons. The SMILES string of the molecule is CCCCC(CC)CN(CC(CC)CCCC)S(=O)(=O)c1ccc(/N=N/c2c(O)[nH]c(=O)c(C(=O)OCC)c2C)cc1. The number of hydrogen-bond donors (Lipinski definition) is 2. The molecule has 1 aromatic heterocycles. The molecule has 0 aliphatic carbocycles. The summed E-state index contributed by atoms with van der Waals surface area (Å²) in [7, 11) is -3.75. The highest BCUT2D eigenvalue weighted by atomic mass is 32.2. The third-order valence-corrected chi connectivity index (χ3v) is 9.49. The van der Waals surface area contributed by atoms with Crippen molar-refractivity contribution in [2.24, 2.45) is 22.1 Å². The third kappa shape index (κ3) is 9.49. The highest BCUT2D eigenvalue weighted by molar-refractivity contribution is 7.89. The van der Waals surface area contributed by atoms with Gasteiger partial charge in [0.15, 0.2) is 0 Å². The van der Waals surface area contributed by atoms with Crippen LogP contribution in [0, 0.1) is 18.8 Å². The normalized spacial score (nSPS) is 13.5. The molecule has 0 fully saturated rings. The molecule has 10 nitrogen and oxygen atoms in total. The van der Waals surface area contributed by atoms with Crippen molar-refractivity contribution in [1.82, 2.24) is 9.29 Å². The molecule has 0 saturated carbocycles. The van der Waals surface area contributed by atoms with Crippen LogP contribution >= 0.6 is 0 Å². The van der Waals surface area contributed by atoms with Crippen molar-refractivity contribution in [2.45, 2.75) is 97.8 Å². The van der Waals surface area contributed by atoms with Crippen molar-refractivity contribution in [3.63, 3.8) is 0 Å². The lowest BCUT2D eigenvalue weighted by atomic mass is 9.97. The Hall–Kier alpha value is -3.05. The number of sulfonamides is 1. The van der Waals surface area contributed by atoms with Gasteiger partial charge in [-0.1, -0.05) is 66.2 Å². The number of H-pyrrole nitrogens is 1. The molecule has 0 saturated heterocycles. The Morgan fingerprint density at radius 3 is 1.98 bits per heavy atom. The minimum absolute atomic E-state index is 0.0812. The van der Waals surface area contributed by atoms with E-state index in [1.165, 1.54) is 19.1 Å². The average molecular weight is 605 g/mol. The summed E-state index contributed by atoms with van der Waals surface area (Å²) >= 11 is 0. The van der Waals surface area contributed by atoms with Gasteiger partial charge < -0.3 is 9.84 Å². The molecule has 0 bridgehead atoms. The Labute approximate surface area is 250 Å². The number of carbonyl (C=O) groups excluding carboxylic acids is 1. The number of nitrogens with one attached hydrogen (secondary N) is 1. The molecule has 2 rings (SSSR count). The van der Waals surface area contributed by atoms with Gasteiger partial charge >= 0.3 is 5.97 Å². The van der Waals surface area contributed by atoms with Gasteiger partial charge in [0.05, 0.1) is 17.2 Å². The van der Waals surface area contributed by atoms with Gasteiger partial charge in [-0.05, 0) is 62.8 Å². The summed E-state index contributed by atoms with van der Waals surface area (Å²) in [6.07, 6.45) is 8.15. The van der Waals surface area contributed by atoms with Crippen molar-refractivity contribution in [2.75, 3.05) is 19.7 Å². The Morgan fingerprint density at radius 1 is 0.952 bits per heavy atom. The maximum atomic E-state index is 13.9. The van der Waals surface area contributed by atoms with Crippen molar-refractivity contribution >= 4 is 27.4 Å². The highest BCUT2D eigenvalue weighted by Crippen LogP contribution is 2.31. The minimum atomic E-state index is -3.75. The number of carbonyl (C=O) groups is 1. The van der Waals surface area contributed by atoms with E-state index in [1.807, 2.05) is 0 Å². The fourth-order valence-electron chi connectivity index (χ4n) is 4.89. The van der Waals surface area contributed by atoms with Gasteiger partial charge in [-0.15, -0.1) is 5.11 Å². The van der Waals surface area contributed by atoms with Crippen LogP contribution in [0.3, 0.4) is 0 Å². The summed E-state index contributed by atoms with van der Waals surface area (Å²) in [4.78, 5) is 26.8. The number of pyridine rings is 1. The molecule has 2 unspecified atom stereocenters. The van der Waals surface area contributed by atoms with Crippen molar-refractivity contribution in [3.05, 3.63) is 45.7 Å². The molecule has 0 spiro atoms. The largest absolute Gasteiger partial charge is 0.493 e. The topological polar surface area (TPSA) is 141 Å². The number of aromatic amines is 1. The van der Waals surface area contributed by atoms with Crippen LogP contribution in [-0.4, -0.2) is 48.5 Å². The molecular formula is C31H48N4O6S. The molecule has 0 aliphatic rings. The zero-order chi connectivity index (χ0) is 31.3. The monoisotopic (exact) mass is 604 g/mol. The van der Waals surface area contributed by atoms with Gasteiger partial charge in [0, 0.05) is 18.7 Å². The number of aromatic hydroxyl groups is 1. The van der Waals surface area contributed by atoms with Crippen LogP contribution in [0.1, 0.15) is 102 Å². The number of nitrogens with zero attached hydrogens (tertiary/aromatic N) is 3. The Kier molecular flexibility index (Phi) is 14.4. The van der Waals surface area contributed by atoms with Crippen LogP contribution in [-0.2, 0) is 14.8 Å². The summed E-state index contributed by atoms with van der Waals surface area (Å²) < 4.78 is 34.4. The Bertz CT molecular complexity index is 1320. The van der Waals surface area contributed by atoms with E-state index in [-0.39, 0.29) is 28.3 Å². The predicted octanol–water partition coefficient (Wildman–Crippen LogP) is 7.40. The van der Waals surface area contributed by atoms with Gasteiger partial charge in [-0.3, -0.25) is 9.78 Å². The maximum absolute atomic E-state index is 13.9. The van der Waals surface area contributed by atoms with Gasteiger partial charge in [-0.2, -0.15) is 9.42 Å². The fraction of sp³-hybridized carbons (Fsp3) is 0.613. The van der Waals surface area contributed by atoms with Crippen LogP contribution in [0.25, 0.3) is 0 Å². The van der Waals surface area contributed by atoms with Crippen molar-refractivity contribution in [3.8, 4) is 5.88 Å². The number of unbranched alkanes of at least 4 members (excludes halogenated alkanes) is 2. The molecule has 11 heteroatoms. The lowest BCUT2D eigenvalue weighted by Crippen LogP contribution is -2.39. The van der Waals surface area contributed by atoms with Gasteiger partial charge in [-0.25, -0.2) is 13.2 Å². The van der Waals surface area contributed by atoms with Crippen molar-refractivity contribution in [1.29, 1.82) is 0 Å². The van der Waals surface area contributed by atoms with E-state index in [0.717, 1.165) is 51.4 Å². The van der Waals surface area contributed by atoms with E-state index < -0.39 is 27.4 Å². The van der Waals surface area contributed by atoms with Gasteiger partial charge in [0.2, 0.25) is 15.9 Å². The smallest absolute Gasteiger partial charge is 0.344 e. The van der Waals surface area contributed by atoms with Gasteiger partial charge in [0.25, 0.3) is 5.56 Å². The van der Waals surface area contributed by atoms with E-state index in [2.05, 4.69) is 42.9 Å². The van der Waals surface area contributed by atoms with Crippen LogP contribution in [0.5, 0.6) is 5.88 Å². The lowest BCUT2D eigenvalue weighted by molar-refractivity contribution is 0.0523. The lowest BCUT2D eigenvalue weighted by Gasteiger charge is -2.30.